The van der Waals surface area contributed by atoms with Crippen molar-refractivity contribution in [2.75, 3.05) is 7.11 Å². The molecule has 0 radical (unpaired) electrons. The summed E-state index contributed by atoms with van der Waals surface area (Å²) in [7, 11) is 1.41. The van der Waals surface area contributed by atoms with Crippen molar-refractivity contribution in [1.82, 2.24) is 0 Å². The van der Waals surface area contributed by atoms with E-state index in [1.165, 1.54) is 7.11 Å². The Labute approximate surface area is 109 Å². The molecule has 2 nitrogen and oxygen atoms in total. The van der Waals surface area contributed by atoms with Crippen LogP contribution in [0.3, 0.4) is 0 Å². The minimum atomic E-state index is -1.54. The summed E-state index contributed by atoms with van der Waals surface area (Å²) in [5, 5.41) is 0. The first-order chi connectivity index (χ1) is 8.45. The molecule has 3 atom stereocenters. The quantitative estimate of drug-likeness (QED) is 0.482. The highest BCUT2D eigenvalue weighted by Gasteiger charge is 2.42. The van der Waals surface area contributed by atoms with Crippen LogP contribution in [0, 0.1) is 23.3 Å². The first kappa shape index (κ1) is 13.6. The lowest BCUT2D eigenvalue weighted by Gasteiger charge is -2.40. The van der Waals surface area contributed by atoms with E-state index in [9.17, 15) is 17.6 Å². The Morgan fingerprint density at radius 3 is 2.17 bits per heavy atom. The third-order valence-electron chi connectivity index (χ3n) is 2.79. The van der Waals surface area contributed by atoms with Gasteiger partial charge in [0.1, 0.15) is 12.2 Å². The molecule has 7 heteroatoms. The first-order valence-corrected chi connectivity index (χ1v) is 6.03. The molecular weight excluding hydrogens is 320 g/mol. The topological polar surface area (TPSA) is 18.5 Å². The Bertz CT molecular complexity index is 443. The van der Waals surface area contributed by atoms with Crippen LogP contribution in [0.4, 0.5) is 17.6 Å². The fraction of sp³-hybridized carbons (Fsp3) is 0.455. The van der Waals surface area contributed by atoms with Gasteiger partial charge in [-0.3, -0.25) is 0 Å². The van der Waals surface area contributed by atoms with Gasteiger partial charge in [0.25, 0.3) is 0 Å². The molecule has 2 rings (SSSR count). The molecule has 1 aromatic rings. The molecule has 100 valence electrons. The monoisotopic (exact) mass is 328 g/mol. The number of rotatable bonds is 3. The van der Waals surface area contributed by atoms with Gasteiger partial charge in [-0.25, -0.2) is 8.78 Å². The summed E-state index contributed by atoms with van der Waals surface area (Å²) in [6.45, 7) is 0. The zero-order valence-electron chi connectivity index (χ0n) is 9.22. The molecule has 0 bridgehead atoms. The standard InChI is InChI=1S/C11H9BrF4O2/c1-17-10-4(12)2-7(10)18-11-8(15)5(13)3-6(14)9(11)16/h3-4,7,10H,2H2,1H3. The van der Waals surface area contributed by atoms with Crippen LogP contribution < -0.4 is 4.74 Å². The molecule has 1 aliphatic rings. The molecule has 3 unspecified atom stereocenters. The van der Waals surface area contributed by atoms with Crippen LogP contribution in [0.2, 0.25) is 0 Å². The molecule has 0 spiro atoms. The molecule has 1 saturated carbocycles. The molecular formula is C11H9BrF4O2. The number of alkyl halides is 1. The summed E-state index contributed by atoms with van der Waals surface area (Å²) >= 11 is 3.27. The van der Waals surface area contributed by atoms with Gasteiger partial charge in [-0.1, -0.05) is 15.9 Å². The van der Waals surface area contributed by atoms with Gasteiger partial charge in [0.05, 0.1) is 0 Å². The molecule has 0 amide bonds. The van der Waals surface area contributed by atoms with Crippen LogP contribution in [-0.2, 0) is 4.74 Å². The number of hydrogen-bond donors (Lipinski definition) is 0. The highest BCUT2D eigenvalue weighted by Crippen LogP contribution is 2.36. The van der Waals surface area contributed by atoms with Gasteiger partial charge in [0.15, 0.2) is 17.4 Å². The number of hydrogen-bond acceptors (Lipinski definition) is 2. The van der Waals surface area contributed by atoms with Crippen molar-refractivity contribution in [3.63, 3.8) is 0 Å². The Hall–Kier alpha value is -0.820. The first-order valence-electron chi connectivity index (χ1n) is 5.12. The summed E-state index contributed by atoms with van der Waals surface area (Å²) in [4.78, 5) is -0.0166. The van der Waals surface area contributed by atoms with Crippen molar-refractivity contribution in [3.8, 4) is 5.75 Å². The van der Waals surface area contributed by atoms with Crippen LogP contribution in [0.5, 0.6) is 5.75 Å². The molecule has 1 aromatic carbocycles. The van der Waals surface area contributed by atoms with Crippen molar-refractivity contribution in [1.29, 1.82) is 0 Å². The Morgan fingerprint density at radius 2 is 1.72 bits per heavy atom. The lowest BCUT2D eigenvalue weighted by molar-refractivity contribution is -0.0576. The highest BCUT2D eigenvalue weighted by molar-refractivity contribution is 9.09. The highest BCUT2D eigenvalue weighted by atomic mass is 79.9. The van der Waals surface area contributed by atoms with Gasteiger partial charge in [-0.05, 0) is 0 Å². The molecule has 0 aromatic heterocycles. The third kappa shape index (κ3) is 2.21. The summed E-state index contributed by atoms with van der Waals surface area (Å²) < 4.78 is 62.5. The van der Waals surface area contributed by atoms with Crippen molar-refractivity contribution < 1.29 is 27.0 Å². The third-order valence-corrected chi connectivity index (χ3v) is 3.69. The van der Waals surface area contributed by atoms with Crippen LogP contribution in [0.1, 0.15) is 6.42 Å². The second-order valence-electron chi connectivity index (χ2n) is 3.91. The van der Waals surface area contributed by atoms with Crippen LogP contribution in [0.25, 0.3) is 0 Å². The van der Waals surface area contributed by atoms with E-state index in [1.54, 1.807) is 0 Å². The van der Waals surface area contributed by atoms with Crippen LogP contribution in [0.15, 0.2) is 6.07 Å². The number of halogens is 5. The van der Waals surface area contributed by atoms with E-state index in [-0.39, 0.29) is 10.9 Å². The van der Waals surface area contributed by atoms with Crippen molar-refractivity contribution in [2.45, 2.75) is 23.5 Å². The Balaban J connectivity index is 2.24. The number of benzene rings is 1. The van der Waals surface area contributed by atoms with E-state index in [4.69, 9.17) is 9.47 Å². The lowest BCUT2D eigenvalue weighted by Crippen LogP contribution is -2.52. The molecule has 1 fully saturated rings. The van der Waals surface area contributed by atoms with E-state index in [0.717, 1.165) is 0 Å². The van der Waals surface area contributed by atoms with Crippen LogP contribution in [-0.4, -0.2) is 24.1 Å². The molecule has 1 aliphatic carbocycles. The van der Waals surface area contributed by atoms with Gasteiger partial charge in [-0.15, -0.1) is 0 Å². The fourth-order valence-corrected chi connectivity index (χ4v) is 2.67. The second kappa shape index (κ2) is 5.05. The number of ether oxygens (including phenoxy) is 2. The van der Waals surface area contributed by atoms with E-state index in [0.29, 0.717) is 6.42 Å². The van der Waals surface area contributed by atoms with E-state index >= 15 is 0 Å². The SMILES string of the molecule is COC1C(Br)CC1Oc1c(F)c(F)cc(F)c1F. The fourth-order valence-electron chi connectivity index (χ4n) is 1.75. The molecule has 18 heavy (non-hydrogen) atoms. The summed E-state index contributed by atoms with van der Waals surface area (Å²) in [6.07, 6.45) is -0.644. The summed E-state index contributed by atoms with van der Waals surface area (Å²) in [5.41, 5.74) is 0. The van der Waals surface area contributed by atoms with Gasteiger partial charge in [0, 0.05) is 24.4 Å². The van der Waals surface area contributed by atoms with E-state index in [1.807, 2.05) is 0 Å². The van der Waals surface area contributed by atoms with Crippen molar-refractivity contribution in [2.24, 2.45) is 0 Å². The zero-order valence-corrected chi connectivity index (χ0v) is 10.8. The largest absolute Gasteiger partial charge is 0.481 e. The van der Waals surface area contributed by atoms with Gasteiger partial charge in [-0.2, -0.15) is 8.78 Å². The summed E-state index contributed by atoms with van der Waals surface area (Å²) in [6, 6.07) is 0.138. The number of methoxy groups -OCH3 is 1. The van der Waals surface area contributed by atoms with Gasteiger partial charge in [0.2, 0.25) is 11.6 Å². The summed E-state index contributed by atoms with van der Waals surface area (Å²) in [5.74, 6) is -7.11. The Kier molecular flexibility index (Phi) is 3.82. The lowest BCUT2D eigenvalue weighted by atomic mass is 9.91. The average molecular weight is 329 g/mol. The molecule has 0 heterocycles. The minimum absolute atomic E-state index is 0.0166. The maximum atomic E-state index is 13.3. The van der Waals surface area contributed by atoms with E-state index < -0.39 is 41.2 Å². The second-order valence-corrected chi connectivity index (χ2v) is 5.08. The van der Waals surface area contributed by atoms with Crippen molar-refractivity contribution in [3.05, 3.63) is 29.3 Å². The maximum absolute atomic E-state index is 13.3. The molecule has 0 N–H and O–H groups in total. The predicted octanol–water partition coefficient (Wildman–Crippen LogP) is 3.17. The minimum Gasteiger partial charge on any atom is -0.481 e. The predicted molar refractivity (Wildman–Crippen MR) is 58.8 cm³/mol. The Morgan fingerprint density at radius 1 is 1.17 bits per heavy atom. The van der Waals surface area contributed by atoms with Crippen molar-refractivity contribution >= 4 is 15.9 Å². The van der Waals surface area contributed by atoms with E-state index in [2.05, 4.69) is 15.9 Å². The van der Waals surface area contributed by atoms with Crippen LogP contribution >= 0.6 is 15.9 Å². The zero-order chi connectivity index (χ0) is 13.4. The molecule has 0 aliphatic heterocycles. The van der Waals surface area contributed by atoms with Gasteiger partial charge < -0.3 is 9.47 Å². The average Bonchev–Trinajstić information content (AvgIpc) is 2.31. The maximum Gasteiger partial charge on any atom is 0.203 e. The molecule has 0 saturated heterocycles. The van der Waals surface area contributed by atoms with Gasteiger partial charge >= 0.3 is 0 Å². The smallest absolute Gasteiger partial charge is 0.203 e. The normalized spacial score (nSPS) is 26.9.